The monoisotopic (exact) mass is 378 g/mol. The van der Waals surface area contributed by atoms with Crippen LogP contribution in [0.3, 0.4) is 0 Å². The van der Waals surface area contributed by atoms with Crippen LogP contribution in [0.15, 0.2) is 54.0 Å². The van der Waals surface area contributed by atoms with Gasteiger partial charge >= 0.3 is 0 Å². The zero-order chi connectivity index (χ0) is 18.6. The first-order valence-corrected chi connectivity index (χ1v) is 9.62. The number of amides is 2. The Morgan fingerprint density at radius 3 is 2.63 bits per heavy atom. The fourth-order valence-corrected chi connectivity index (χ4v) is 3.42. The highest BCUT2D eigenvalue weighted by atomic mass is 32.1. The molecule has 1 aliphatic carbocycles. The Morgan fingerprint density at radius 1 is 1.07 bits per heavy atom. The summed E-state index contributed by atoms with van der Waals surface area (Å²) in [4.78, 5) is 32.9. The Balaban J connectivity index is 1.37. The summed E-state index contributed by atoms with van der Waals surface area (Å²) in [5.74, 6) is 0.0303. The third-order valence-electron chi connectivity index (χ3n) is 4.14. The highest BCUT2D eigenvalue weighted by molar-refractivity contribution is 7.13. The van der Waals surface area contributed by atoms with E-state index in [2.05, 4.69) is 20.6 Å². The van der Waals surface area contributed by atoms with Gasteiger partial charge in [0.25, 0.3) is 0 Å². The van der Waals surface area contributed by atoms with E-state index in [1.807, 2.05) is 29.6 Å². The lowest BCUT2D eigenvalue weighted by atomic mass is 10.2. The van der Waals surface area contributed by atoms with Gasteiger partial charge in [-0.1, -0.05) is 12.1 Å². The quantitative estimate of drug-likeness (QED) is 0.684. The van der Waals surface area contributed by atoms with E-state index in [0.29, 0.717) is 17.1 Å². The number of carbonyl (C=O) groups is 2. The van der Waals surface area contributed by atoms with E-state index >= 15 is 0 Å². The zero-order valence-corrected chi connectivity index (χ0v) is 15.3. The van der Waals surface area contributed by atoms with Gasteiger partial charge in [0.15, 0.2) is 0 Å². The Bertz CT molecular complexity index is 967. The van der Waals surface area contributed by atoms with Crippen LogP contribution in [0.5, 0.6) is 0 Å². The lowest BCUT2D eigenvalue weighted by Gasteiger charge is -2.08. The Morgan fingerprint density at radius 2 is 1.89 bits per heavy atom. The van der Waals surface area contributed by atoms with Crippen LogP contribution in [0.1, 0.15) is 18.5 Å². The van der Waals surface area contributed by atoms with E-state index in [1.165, 1.54) is 11.3 Å². The van der Waals surface area contributed by atoms with Crippen LogP contribution in [-0.2, 0) is 16.0 Å². The zero-order valence-electron chi connectivity index (χ0n) is 14.5. The number of hydrogen-bond acceptors (Lipinski definition) is 5. The summed E-state index contributed by atoms with van der Waals surface area (Å²) in [7, 11) is 0. The second-order valence-electron chi connectivity index (χ2n) is 6.43. The smallest absolute Gasteiger partial charge is 0.230 e. The molecule has 0 atom stereocenters. The maximum absolute atomic E-state index is 12.3. The third kappa shape index (κ3) is 4.57. The number of nitrogens with zero attached hydrogens (tertiary/aromatic N) is 2. The molecule has 3 aromatic rings. The molecule has 1 saturated carbocycles. The van der Waals surface area contributed by atoms with Crippen LogP contribution in [0, 0.1) is 5.92 Å². The summed E-state index contributed by atoms with van der Waals surface area (Å²) >= 11 is 1.47. The first kappa shape index (κ1) is 17.4. The molecule has 0 spiro atoms. The average Bonchev–Trinajstić information content (AvgIpc) is 3.42. The molecule has 2 amide bonds. The number of rotatable bonds is 6. The van der Waals surface area contributed by atoms with Gasteiger partial charge in [0.1, 0.15) is 5.01 Å². The van der Waals surface area contributed by atoms with Crippen molar-refractivity contribution in [3.05, 3.63) is 59.7 Å². The number of pyridine rings is 1. The minimum Gasteiger partial charge on any atom is -0.326 e. The summed E-state index contributed by atoms with van der Waals surface area (Å²) in [5.41, 5.74) is 2.84. The van der Waals surface area contributed by atoms with Gasteiger partial charge in [-0.15, -0.1) is 11.3 Å². The average molecular weight is 378 g/mol. The Labute approximate surface area is 160 Å². The molecule has 27 heavy (non-hydrogen) atoms. The first-order valence-electron chi connectivity index (χ1n) is 8.74. The van der Waals surface area contributed by atoms with Gasteiger partial charge in [-0.05, 0) is 43.2 Å². The molecular formula is C20H18N4O2S. The number of benzene rings is 1. The van der Waals surface area contributed by atoms with Crippen molar-refractivity contribution >= 4 is 34.5 Å². The van der Waals surface area contributed by atoms with Crippen LogP contribution in [0.2, 0.25) is 0 Å². The Hall–Kier alpha value is -3.06. The van der Waals surface area contributed by atoms with Crippen molar-refractivity contribution in [2.24, 2.45) is 5.92 Å². The molecule has 2 heterocycles. The van der Waals surface area contributed by atoms with Gasteiger partial charge in [-0.3, -0.25) is 14.6 Å². The minimum atomic E-state index is -0.154. The van der Waals surface area contributed by atoms with Crippen molar-refractivity contribution in [2.45, 2.75) is 19.3 Å². The van der Waals surface area contributed by atoms with Gasteiger partial charge < -0.3 is 10.6 Å². The van der Waals surface area contributed by atoms with Crippen LogP contribution in [-0.4, -0.2) is 21.8 Å². The largest absolute Gasteiger partial charge is 0.326 e. The summed E-state index contributed by atoms with van der Waals surface area (Å²) in [6.45, 7) is 0. The van der Waals surface area contributed by atoms with Crippen molar-refractivity contribution in [3.63, 3.8) is 0 Å². The van der Waals surface area contributed by atoms with E-state index < -0.39 is 0 Å². The van der Waals surface area contributed by atoms with Crippen molar-refractivity contribution in [2.75, 3.05) is 10.6 Å². The summed E-state index contributed by atoms with van der Waals surface area (Å²) in [6, 6.07) is 12.8. The summed E-state index contributed by atoms with van der Waals surface area (Å²) in [5, 5.41) is 8.40. The molecule has 1 fully saturated rings. The fraction of sp³-hybridized carbons (Fsp3) is 0.200. The number of nitrogens with one attached hydrogen (secondary N) is 2. The second-order valence-corrected chi connectivity index (χ2v) is 7.29. The molecule has 4 rings (SSSR count). The maximum Gasteiger partial charge on any atom is 0.230 e. The summed E-state index contributed by atoms with van der Waals surface area (Å²) in [6.07, 6.45) is 3.81. The first-order chi connectivity index (χ1) is 13.2. The number of anilines is 2. The summed E-state index contributed by atoms with van der Waals surface area (Å²) < 4.78 is 0. The van der Waals surface area contributed by atoms with E-state index in [4.69, 9.17) is 0 Å². The van der Waals surface area contributed by atoms with E-state index in [-0.39, 0.29) is 24.2 Å². The van der Waals surface area contributed by atoms with Gasteiger partial charge in [-0.25, -0.2) is 4.98 Å². The van der Waals surface area contributed by atoms with Crippen molar-refractivity contribution in [1.29, 1.82) is 0 Å². The molecule has 0 unspecified atom stereocenters. The molecule has 0 aliphatic heterocycles. The molecule has 1 aromatic carbocycles. The molecule has 7 heteroatoms. The molecule has 2 aromatic heterocycles. The molecule has 136 valence electrons. The van der Waals surface area contributed by atoms with Crippen LogP contribution in [0.25, 0.3) is 10.7 Å². The number of carbonyl (C=O) groups excluding carboxylic acids is 2. The molecule has 2 N–H and O–H groups in total. The SMILES string of the molecule is O=C(Cc1csc(-c2ccccn2)n1)Nc1cccc(NC(=O)C2CC2)c1. The normalized spacial score (nSPS) is 13.2. The van der Waals surface area contributed by atoms with Crippen LogP contribution < -0.4 is 10.6 Å². The highest BCUT2D eigenvalue weighted by Gasteiger charge is 2.29. The van der Waals surface area contributed by atoms with E-state index in [0.717, 1.165) is 23.5 Å². The van der Waals surface area contributed by atoms with E-state index in [1.54, 1.807) is 24.4 Å². The minimum absolute atomic E-state index is 0.0444. The molecule has 0 bridgehead atoms. The van der Waals surface area contributed by atoms with Crippen molar-refractivity contribution in [3.8, 4) is 10.7 Å². The third-order valence-corrected chi connectivity index (χ3v) is 5.05. The molecule has 0 radical (unpaired) electrons. The number of thiazole rings is 1. The van der Waals surface area contributed by atoms with Crippen molar-refractivity contribution < 1.29 is 9.59 Å². The molecule has 1 aliphatic rings. The fourth-order valence-electron chi connectivity index (χ4n) is 2.63. The predicted molar refractivity (Wildman–Crippen MR) is 105 cm³/mol. The van der Waals surface area contributed by atoms with E-state index in [9.17, 15) is 9.59 Å². The van der Waals surface area contributed by atoms with Gasteiger partial charge in [0.2, 0.25) is 11.8 Å². The number of hydrogen-bond donors (Lipinski definition) is 2. The maximum atomic E-state index is 12.3. The predicted octanol–water partition coefficient (Wildman–Crippen LogP) is 3.73. The molecule has 0 saturated heterocycles. The second kappa shape index (κ2) is 7.67. The molecular weight excluding hydrogens is 360 g/mol. The lowest BCUT2D eigenvalue weighted by Crippen LogP contribution is -2.16. The van der Waals surface area contributed by atoms with Crippen molar-refractivity contribution in [1.82, 2.24) is 9.97 Å². The number of aromatic nitrogens is 2. The van der Waals surface area contributed by atoms with Crippen LogP contribution in [0.4, 0.5) is 11.4 Å². The van der Waals surface area contributed by atoms with Gasteiger partial charge in [0, 0.05) is 28.9 Å². The lowest BCUT2D eigenvalue weighted by molar-refractivity contribution is -0.117. The standard InChI is InChI=1S/C20H18N4O2S/c25-18(11-16-12-27-20(24-16)17-6-1-2-9-21-17)22-14-4-3-5-15(10-14)23-19(26)13-7-8-13/h1-6,9-10,12-13H,7-8,11H2,(H,22,25)(H,23,26). The molecule has 6 nitrogen and oxygen atoms in total. The highest BCUT2D eigenvalue weighted by Crippen LogP contribution is 2.30. The van der Waals surface area contributed by atoms with Gasteiger partial charge in [0.05, 0.1) is 17.8 Å². The topological polar surface area (TPSA) is 84.0 Å². The van der Waals surface area contributed by atoms with Crippen LogP contribution >= 0.6 is 11.3 Å². The van der Waals surface area contributed by atoms with Gasteiger partial charge in [-0.2, -0.15) is 0 Å². The Kier molecular flexibility index (Phi) is 4.93.